The van der Waals surface area contributed by atoms with Crippen LogP contribution in [-0.2, 0) is 4.79 Å². The standard InChI is InChI=1S/C24H43FN4O/c1-15-8-9-21(25)20-14-22(27-23(15)20)24(30)26-17-6-5-7-19(13-17)29-11-10-18(28(3)4)12-16(29)2/h15-23,27H,5-14H2,1-4H3,(H,26,30)/t15?,16-,17?,18-,19?,20?,21?,22?,23?/m1/s1. The number of nitrogens with one attached hydrogen (secondary N) is 2. The Balaban J connectivity index is 1.30. The van der Waals surface area contributed by atoms with Crippen LogP contribution in [-0.4, -0.2) is 78.8 Å². The molecule has 30 heavy (non-hydrogen) atoms. The second-order valence-corrected chi connectivity index (χ2v) is 11.0. The fourth-order valence-electron chi connectivity index (χ4n) is 6.88. The Hall–Kier alpha value is -0.720. The summed E-state index contributed by atoms with van der Waals surface area (Å²) in [4.78, 5) is 18.1. The van der Waals surface area contributed by atoms with Gasteiger partial charge in [-0.3, -0.25) is 9.69 Å². The van der Waals surface area contributed by atoms with Crippen LogP contribution in [0.2, 0.25) is 0 Å². The average Bonchev–Trinajstić information content (AvgIpc) is 3.18. The summed E-state index contributed by atoms with van der Waals surface area (Å²) in [5.41, 5.74) is 0. The van der Waals surface area contributed by atoms with Crippen LogP contribution < -0.4 is 10.6 Å². The van der Waals surface area contributed by atoms with E-state index in [9.17, 15) is 9.18 Å². The monoisotopic (exact) mass is 422 g/mol. The van der Waals surface area contributed by atoms with Crippen molar-refractivity contribution in [2.45, 2.75) is 114 Å². The van der Waals surface area contributed by atoms with Gasteiger partial charge in [0.25, 0.3) is 0 Å². The van der Waals surface area contributed by atoms with E-state index in [1.54, 1.807) is 0 Å². The number of hydrogen-bond acceptors (Lipinski definition) is 4. The molecule has 7 unspecified atom stereocenters. The lowest BCUT2D eigenvalue weighted by atomic mass is 9.77. The molecular weight excluding hydrogens is 379 g/mol. The molecular formula is C24H43FN4O. The Bertz CT molecular complexity index is 584. The van der Waals surface area contributed by atoms with E-state index in [2.05, 4.69) is 48.4 Å². The fourth-order valence-corrected chi connectivity index (χ4v) is 6.88. The lowest BCUT2D eigenvalue weighted by Gasteiger charge is -2.46. The van der Waals surface area contributed by atoms with E-state index >= 15 is 0 Å². The maximum absolute atomic E-state index is 14.4. The lowest BCUT2D eigenvalue weighted by molar-refractivity contribution is -0.124. The van der Waals surface area contributed by atoms with Gasteiger partial charge in [0.1, 0.15) is 6.17 Å². The van der Waals surface area contributed by atoms with Gasteiger partial charge in [-0.05, 0) is 84.7 Å². The second kappa shape index (κ2) is 9.41. The fraction of sp³-hybridized carbons (Fsp3) is 0.958. The highest BCUT2D eigenvalue weighted by molar-refractivity contribution is 5.82. The maximum atomic E-state index is 14.4. The molecule has 0 aromatic rings. The Morgan fingerprint density at radius 2 is 1.87 bits per heavy atom. The summed E-state index contributed by atoms with van der Waals surface area (Å²) in [7, 11) is 4.39. The molecule has 2 N–H and O–H groups in total. The van der Waals surface area contributed by atoms with E-state index < -0.39 is 6.17 Å². The van der Waals surface area contributed by atoms with Gasteiger partial charge >= 0.3 is 0 Å². The Morgan fingerprint density at radius 1 is 1.07 bits per heavy atom. The van der Waals surface area contributed by atoms with Crippen molar-refractivity contribution in [1.29, 1.82) is 0 Å². The number of halogens is 1. The summed E-state index contributed by atoms with van der Waals surface area (Å²) in [6.07, 6.45) is 8.54. The van der Waals surface area contributed by atoms with Gasteiger partial charge in [0.15, 0.2) is 0 Å². The molecule has 4 fully saturated rings. The van der Waals surface area contributed by atoms with E-state index in [1.165, 1.54) is 32.2 Å². The molecule has 0 spiro atoms. The topological polar surface area (TPSA) is 47.6 Å². The van der Waals surface area contributed by atoms with Gasteiger partial charge in [-0.2, -0.15) is 0 Å². The Morgan fingerprint density at radius 3 is 2.57 bits per heavy atom. The first-order chi connectivity index (χ1) is 14.3. The normalized spacial score (nSPS) is 45.3. The Kier molecular flexibility index (Phi) is 7.05. The first kappa shape index (κ1) is 22.5. The van der Waals surface area contributed by atoms with Crippen LogP contribution >= 0.6 is 0 Å². The highest BCUT2D eigenvalue weighted by atomic mass is 19.1. The van der Waals surface area contributed by atoms with Gasteiger partial charge in [0.05, 0.1) is 6.04 Å². The SMILES string of the molecule is CC1CCC(F)C2CC(C(=O)NC3CCCC(N4CC[C@@H](N(C)C)C[C@H]4C)C3)NC12. The number of fused-ring (bicyclic) bond motifs is 1. The van der Waals surface area contributed by atoms with E-state index in [0.29, 0.717) is 36.9 Å². The molecule has 2 aliphatic carbocycles. The van der Waals surface area contributed by atoms with E-state index in [-0.39, 0.29) is 30.0 Å². The third-order valence-electron chi connectivity index (χ3n) is 8.75. The molecule has 1 amide bonds. The van der Waals surface area contributed by atoms with E-state index in [4.69, 9.17) is 0 Å². The summed E-state index contributed by atoms with van der Waals surface area (Å²) in [6, 6.07) is 2.09. The van der Waals surface area contributed by atoms with Gasteiger partial charge in [-0.1, -0.05) is 6.92 Å². The minimum absolute atomic E-state index is 0.0162. The molecule has 2 saturated heterocycles. The predicted octanol–water partition coefficient (Wildman–Crippen LogP) is 2.94. The molecule has 6 heteroatoms. The van der Waals surface area contributed by atoms with Crippen molar-refractivity contribution in [3.8, 4) is 0 Å². The molecule has 2 aliphatic heterocycles. The lowest BCUT2D eigenvalue weighted by Crippen LogP contribution is -2.55. The zero-order chi connectivity index (χ0) is 21.4. The summed E-state index contributed by atoms with van der Waals surface area (Å²) < 4.78 is 14.4. The Labute approximate surface area is 182 Å². The number of piperidine rings is 1. The minimum Gasteiger partial charge on any atom is -0.352 e. The molecule has 0 radical (unpaired) electrons. The zero-order valence-electron chi connectivity index (χ0n) is 19.4. The van der Waals surface area contributed by atoms with Crippen molar-refractivity contribution in [2.75, 3.05) is 20.6 Å². The molecule has 172 valence electrons. The van der Waals surface area contributed by atoms with Crippen LogP contribution in [0.4, 0.5) is 4.39 Å². The zero-order valence-corrected chi connectivity index (χ0v) is 19.4. The predicted molar refractivity (Wildman–Crippen MR) is 119 cm³/mol. The smallest absolute Gasteiger partial charge is 0.237 e. The van der Waals surface area contributed by atoms with Crippen LogP contribution in [0, 0.1) is 11.8 Å². The molecule has 0 aromatic carbocycles. The van der Waals surface area contributed by atoms with Crippen molar-refractivity contribution < 1.29 is 9.18 Å². The number of rotatable bonds is 4. The molecule has 4 rings (SSSR count). The average molecular weight is 423 g/mol. The number of nitrogens with zero attached hydrogens (tertiary/aromatic N) is 2. The number of carbonyl (C=O) groups excluding carboxylic acids is 1. The summed E-state index contributed by atoms with van der Waals surface area (Å²) >= 11 is 0. The molecule has 2 saturated carbocycles. The van der Waals surface area contributed by atoms with E-state index in [0.717, 1.165) is 19.3 Å². The van der Waals surface area contributed by atoms with Crippen LogP contribution in [0.15, 0.2) is 0 Å². The summed E-state index contributed by atoms with van der Waals surface area (Å²) in [5.74, 6) is 0.585. The molecule has 9 atom stereocenters. The van der Waals surface area contributed by atoms with Gasteiger partial charge < -0.3 is 15.5 Å². The van der Waals surface area contributed by atoms with Crippen LogP contribution in [0.3, 0.4) is 0 Å². The van der Waals surface area contributed by atoms with Crippen LogP contribution in [0.25, 0.3) is 0 Å². The molecule has 5 nitrogen and oxygen atoms in total. The summed E-state index contributed by atoms with van der Waals surface area (Å²) in [6.45, 7) is 5.73. The molecule has 2 heterocycles. The number of alkyl halides is 1. The van der Waals surface area contributed by atoms with E-state index in [1.807, 2.05) is 0 Å². The second-order valence-electron chi connectivity index (χ2n) is 11.0. The van der Waals surface area contributed by atoms with Gasteiger partial charge in [-0.15, -0.1) is 0 Å². The quantitative estimate of drug-likeness (QED) is 0.731. The molecule has 0 bridgehead atoms. The third kappa shape index (κ3) is 4.71. The largest absolute Gasteiger partial charge is 0.352 e. The van der Waals surface area contributed by atoms with Crippen molar-refractivity contribution >= 4 is 5.91 Å². The van der Waals surface area contributed by atoms with Gasteiger partial charge in [0, 0.05) is 42.7 Å². The first-order valence-corrected chi connectivity index (χ1v) is 12.5. The number of hydrogen-bond donors (Lipinski definition) is 2. The summed E-state index contributed by atoms with van der Waals surface area (Å²) in [5, 5.41) is 6.84. The van der Waals surface area contributed by atoms with Crippen molar-refractivity contribution in [3.05, 3.63) is 0 Å². The molecule has 4 aliphatic rings. The minimum atomic E-state index is -0.748. The highest BCUT2D eigenvalue weighted by Crippen LogP contribution is 2.39. The number of likely N-dealkylation sites (tertiary alicyclic amines) is 1. The number of amides is 1. The van der Waals surface area contributed by atoms with Gasteiger partial charge in [0.2, 0.25) is 5.91 Å². The van der Waals surface area contributed by atoms with Crippen molar-refractivity contribution in [3.63, 3.8) is 0 Å². The maximum Gasteiger partial charge on any atom is 0.237 e. The van der Waals surface area contributed by atoms with Crippen LogP contribution in [0.5, 0.6) is 0 Å². The first-order valence-electron chi connectivity index (χ1n) is 12.5. The number of carbonyl (C=O) groups is 1. The van der Waals surface area contributed by atoms with Crippen molar-refractivity contribution in [1.82, 2.24) is 20.4 Å². The van der Waals surface area contributed by atoms with Gasteiger partial charge in [-0.25, -0.2) is 4.39 Å². The van der Waals surface area contributed by atoms with Crippen molar-refractivity contribution in [2.24, 2.45) is 11.8 Å². The highest BCUT2D eigenvalue weighted by Gasteiger charge is 2.46. The molecule has 0 aromatic heterocycles. The van der Waals surface area contributed by atoms with Crippen LogP contribution in [0.1, 0.15) is 71.6 Å². The third-order valence-corrected chi connectivity index (χ3v) is 8.75.